The van der Waals surface area contributed by atoms with Crippen LogP contribution >= 0.6 is 0 Å². The minimum Gasteiger partial charge on any atom is -0.466 e. The molecule has 8 heteroatoms. The Labute approximate surface area is 252 Å². The molecule has 0 unspecified atom stereocenters. The molecule has 0 aromatic heterocycles. The number of benzene rings is 1. The van der Waals surface area contributed by atoms with Crippen molar-refractivity contribution in [1.29, 1.82) is 0 Å². The molecular formula is C34H52N2O6. The lowest BCUT2D eigenvalue weighted by Gasteiger charge is -2.54. The maximum atomic E-state index is 14.2. The van der Waals surface area contributed by atoms with Crippen LogP contribution in [0.5, 0.6) is 0 Å². The van der Waals surface area contributed by atoms with Gasteiger partial charge in [-0.1, -0.05) is 65.0 Å². The first kappa shape index (κ1) is 32.3. The van der Waals surface area contributed by atoms with Crippen LogP contribution < -0.4 is 0 Å². The second-order valence-corrected chi connectivity index (χ2v) is 14.0. The van der Waals surface area contributed by atoms with E-state index in [1.54, 1.807) is 25.9 Å². The number of nitrogens with zero attached hydrogens (tertiary/aromatic N) is 2. The van der Waals surface area contributed by atoms with Crippen molar-refractivity contribution < 1.29 is 28.6 Å². The second kappa shape index (κ2) is 12.6. The number of amides is 2. The first-order chi connectivity index (χ1) is 19.8. The average molecular weight is 585 g/mol. The summed E-state index contributed by atoms with van der Waals surface area (Å²) in [5.41, 5.74) is 0.570. The molecule has 6 atom stereocenters. The van der Waals surface area contributed by atoms with Crippen LogP contribution in [0, 0.1) is 28.6 Å². The summed E-state index contributed by atoms with van der Waals surface area (Å²) in [5.74, 6) is -0.654. The average Bonchev–Trinajstić information content (AvgIpc) is 3.26. The summed E-state index contributed by atoms with van der Waals surface area (Å²) in [6.45, 7) is 13.2. The molecule has 1 spiro atoms. The third-order valence-electron chi connectivity index (χ3n) is 11.1. The van der Waals surface area contributed by atoms with Crippen molar-refractivity contribution in [1.82, 2.24) is 9.80 Å². The van der Waals surface area contributed by atoms with Gasteiger partial charge in [0.05, 0.1) is 18.6 Å². The SMILES string of the molecule is CCOC(=O)C[C@@H](C(C)C)[C@H](C(=O)N(C)C)N(C(=O)OCc1ccccc1)[C@H]1CCC[C@]2(C[C@H]3CC[C@]2(C)C3(C)C)O1. The molecule has 1 saturated heterocycles. The van der Waals surface area contributed by atoms with Gasteiger partial charge < -0.3 is 19.1 Å². The van der Waals surface area contributed by atoms with Crippen LogP contribution in [0.4, 0.5) is 4.79 Å². The van der Waals surface area contributed by atoms with E-state index in [1.807, 2.05) is 44.2 Å². The number of rotatable bonds is 10. The van der Waals surface area contributed by atoms with Crippen LogP contribution in [0.15, 0.2) is 30.3 Å². The van der Waals surface area contributed by atoms with Crippen molar-refractivity contribution in [3.05, 3.63) is 35.9 Å². The van der Waals surface area contributed by atoms with Crippen molar-refractivity contribution in [3.63, 3.8) is 0 Å². The molecular weight excluding hydrogens is 532 g/mol. The van der Waals surface area contributed by atoms with E-state index in [4.69, 9.17) is 14.2 Å². The fraction of sp³-hybridized carbons (Fsp3) is 0.735. The summed E-state index contributed by atoms with van der Waals surface area (Å²) in [4.78, 5) is 44.2. The maximum Gasteiger partial charge on any atom is 0.412 e. The van der Waals surface area contributed by atoms with Crippen LogP contribution in [-0.4, -0.2) is 66.3 Å². The van der Waals surface area contributed by atoms with Gasteiger partial charge in [-0.2, -0.15) is 0 Å². The van der Waals surface area contributed by atoms with E-state index in [1.165, 1.54) is 11.3 Å². The van der Waals surface area contributed by atoms with Crippen molar-refractivity contribution >= 4 is 18.0 Å². The molecule has 1 aromatic carbocycles. The minimum atomic E-state index is -0.952. The number of carbonyl (C=O) groups is 3. The molecule has 2 saturated carbocycles. The number of carbonyl (C=O) groups excluding carboxylic acids is 3. The van der Waals surface area contributed by atoms with E-state index in [0.29, 0.717) is 12.3 Å². The largest absolute Gasteiger partial charge is 0.466 e. The summed E-state index contributed by atoms with van der Waals surface area (Å²) in [7, 11) is 3.38. The summed E-state index contributed by atoms with van der Waals surface area (Å²) >= 11 is 0. The van der Waals surface area contributed by atoms with Crippen LogP contribution in [-0.2, 0) is 30.4 Å². The highest BCUT2D eigenvalue weighted by Crippen LogP contribution is 2.72. The Kier molecular flexibility index (Phi) is 9.66. The predicted octanol–water partition coefficient (Wildman–Crippen LogP) is 6.42. The van der Waals surface area contributed by atoms with Gasteiger partial charge in [0.15, 0.2) is 0 Å². The van der Waals surface area contributed by atoms with Gasteiger partial charge in [0.2, 0.25) is 5.91 Å². The van der Waals surface area contributed by atoms with E-state index < -0.39 is 24.3 Å². The van der Waals surface area contributed by atoms with E-state index in [-0.39, 0.29) is 53.9 Å². The lowest BCUT2D eigenvalue weighted by Crippen LogP contribution is -2.63. The van der Waals surface area contributed by atoms with Crippen molar-refractivity contribution in [2.45, 2.75) is 111 Å². The van der Waals surface area contributed by atoms with Crippen molar-refractivity contribution in [3.8, 4) is 0 Å². The third-order valence-corrected chi connectivity index (χ3v) is 11.1. The van der Waals surface area contributed by atoms with Crippen LogP contribution in [0.2, 0.25) is 0 Å². The summed E-state index contributed by atoms with van der Waals surface area (Å²) in [6, 6.07) is 8.58. The topological polar surface area (TPSA) is 85.4 Å². The van der Waals surface area contributed by atoms with Crippen LogP contribution in [0.3, 0.4) is 0 Å². The maximum absolute atomic E-state index is 14.2. The minimum absolute atomic E-state index is 0.0168. The van der Waals surface area contributed by atoms with Gasteiger partial charge in [-0.15, -0.1) is 0 Å². The van der Waals surface area contributed by atoms with Gasteiger partial charge in [-0.3, -0.25) is 14.5 Å². The standard InChI is InChI=1S/C34H52N2O6/c1-9-40-28(37)20-26(23(2)3)29(30(38)35(7)8)36(31(39)41-22-24-14-11-10-12-15-24)27-16-13-18-34(42-27)21-25-17-19-33(34,6)32(25,4)5/h10-12,14-15,23,25-27,29H,9,13,16-22H2,1-8H3/t25-,26+,27-,29-,33-,34-/m1/s1. The van der Waals surface area contributed by atoms with Crippen LogP contribution in [0.25, 0.3) is 0 Å². The molecule has 234 valence electrons. The van der Waals surface area contributed by atoms with Gasteiger partial charge in [0, 0.05) is 25.4 Å². The Hall–Kier alpha value is -2.61. The molecule has 1 aliphatic heterocycles. The number of hydrogen-bond donors (Lipinski definition) is 0. The number of likely N-dealkylation sites (N-methyl/N-ethyl adjacent to an activating group) is 1. The van der Waals surface area contributed by atoms with E-state index in [2.05, 4.69) is 20.8 Å². The second-order valence-electron chi connectivity index (χ2n) is 14.0. The molecule has 1 aromatic rings. The van der Waals surface area contributed by atoms with E-state index in [0.717, 1.165) is 31.2 Å². The van der Waals surface area contributed by atoms with Crippen LogP contribution in [0.1, 0.15) is 92.1 Å². The molecule has 3 fully saturated rings. The lowest BCUT2D eigenvalue weighted by atomic mass is 9.62. The Morgan fingerprint density at radius 3 is 2.26 bits per heavy atom. The van der Waals surface area contributed by atoms with Crippen molar-refractivity contribution in [2.24, 2.45) is 28.6 Å². The Morgan fingerprint density at radius 1 is 1.02 bits per heavy atom. The molecule has 0 radical (unpaired) electrons. The fourth-order valence-corrected chi connectivity index (χ4v) is 8.19. The lowest BCUT2D eigenvalue weighted by molar-refractivity contribution is -0.236. The highest BCUT2D eigenvalue weighted by atomic mass is 16.6. The smallest absolute Gasteiger partial charge is 0.412 e. The summed E-state index contributed by atoms with van der Waals surface area (Å²) < 4.78 is 18.4. The summed E-state index contributed by atoms with van der Waals surface area (Å²) in [5, 5.41) is 0. The molecule has 3 aliphatic rings. The predicted molar refractivity (Wildman–Crippen MR) is 161 cm³/mol. The molecule has 4 rings (SSSR count). The monoisotopic (exact) mass is 584 g/mol. The summed E-state index contributed by atoms with van der Waals surface area (Å²) in [6.07, 6.45) is 4.45. The molecule has 1 heterocycles. The zero-order valence-corrected chi connectivity index (χ0v) is 27.0. The number of esters is 1. The molecule has 2 bridgehead atoms. The highest BCUT2D eigenvalue weighted by molar-refractivity contribution is 5.86. The zero-order valence-electron chi connectivity index (χ0n) is 27.0. The Morgan fingerprint density at radius 2 is 1.71 bits per heavy atom. The van der Waals surface area contributed by atoms with Gasteiger partial charge in [-0.25, -0.2) is 4.79 Å². The number of ether oxygens (including phenoxy) is 3. The first-order valence-corrected chi connectivity index (χ1v) is 15.8. The molecule has 2 aliphatic carbocycles. The van der Waals surface area contributed by atoms with Gasteiger partial charge >= 0.3 is 12.1 Å². The Balaban J connectivity index is 1.75. The quantitative estimate of drug-likeness (QED) is 0.295. The molecule has 8 nitrogen and oxygen atoms in total. The van der Waals surface area contributed by atoms with Gasteiger partial charge in [-0.05, 0) is 68.3 Å². The highest BCUT2D eigenvalue weighted by Gasteiger charge is 2.70. The third kappa shape index (κ3) is 5.80. The number of hydrogen-bond acceptors (Lipinski definition) is 6. The Bertz CT molecular complexity index is 1120. The first-order valence-electron chi connectivity index (χ1n) is 15.8. The molecule has 2 amide bonds. The fourth-order valence-electron chi connectivity index (χ4n) is 8.19. The molecule has 42 heavy (non-hydrogen) atoms. The van der Waals surface area contributed by atoms with Gasteiger partial charge in [0.25, 0.3) is 0 Å². The zero-order chi connectivity index (χ0) is 30.9. The molecule has 0 N–H and O–H groups in total. The number of fused-ring (bicyclic) bond motifs is 3. The van der Waals surface area contributed by atoms with E-state index in [9.17, 15) is 14.4 Å². The van der Waals surface area contributed by atoms with E-state index >= 15 is 0 Å². The van der Waals surface area contributed by atoms with Crippen molar-refractivity contribution in [2.75, 3.05) is 20.7 Å². The van der Waals surface area contributed by atoms with Gasteiger partial charge in [0.1, 0.15) is 18.9 Å². The normalized spacial score (nSPS) is 29.3.